The number of amides is 1. The Kier molecular flexibility index (Phi) is 4.38. The molecule has 4 nitrogen and oxygen atoms in total. The first kappa shape index (κ1) is 14.1. The van der Waals surface area contributed by atoms with Gasteiger partial charge in [-0.1, -0.05) is 30.3 Å². The number of hydrogen-bond acceptors (Lipinski definition) is 3. The van der Waals surface area contributed by atoms with Crippen molar-refractivity contribution in [2.24, 2.45) is 0 Å². The van der Waals surface area contributed by atoms with Crippen LogP contribution in [0.1, 0.15) is 15.9 Å². The summed E-state index contributed by atoms with van der Waals surface area (Å²) in [5.41, 5.74) is 8.58. The molecule has 1 amide bonds. The average molecular weight is 270 g/mol. The van der Waals surface area contributed by atoms with Gasteiger partial charge in [0, 0.05) is 12.1 Å². The minimum Gasteiger partial charge on any atom is -0.397 e. The lowest BCUT2D eigenvalue weighted by molar-refractivity contribution is 0.0980. The van der Waals surface area contributed by atoms with Gasteiger partial charge in [-0.15, -0.1) is 0 Å². The van der Waals surface area contributed by atoms with Gasteiger partial charge in [-0.3, -0.25) is 4.79 Å². The third-order valence-corrected chi connectivity index (χ3v) is 3.17. The topological polar surface area (TPSA) is 66.6 Å². The highest BCUT2D eigenvalue weighted by molar-refractivity contribution is 6.08. The van der Waals surface area contributed by atoms with Crippen LogP contribution in [0.15, 0.2) is 48.5 Å². The molecular weight excluding hydrogens is 252 g/mol. The molecule has 0 radical (unpaired) electrons. The summed E-state index contributed by atoms with van der Waals surface area (Å²) in [6.45, 7) is 1.98. The number of aliphatic hydroxyl groups is 1. The second-order valence-corrected chi connectivity index (χ2v) is 4.55. The number of nitrogens with two attached hydrogens (primary N) is 1. The van der Waals surface area contributed by atoms with Crippen LogP contribution in [0.4, 0.5) is 11.4 Å². The second kappa shape index (κ2) is 6.21. The Labute approximate surface area is 118 Å². The minimum atomic E-state index is -0.157. The van der Waals surface area contributed by atoms with Gasteiger partial charge in [0.25, 0.3) is 5.91 Å². The Morgan fingerprint density at radius 1 is 1.15 bits per heavy atom. The Balaban J connectivity index is 2.42. The average Bonchev–Trinajstić information content (AvgIpc) is 2.46. The molecule has 0 heterocycles. The number of aliphatic hydroxyl groups excluding tert-OH is 1. The maximum atomic E-state index is 12.7. The summed E-state index contributed by atoms with van der Waals surface area (Å²) < 4.78 is 0. The van der Waals surface area contributed by atoms with Crippen LogP contribution in [0.25, 0.3) is 0 Å². The molecule has 2 aromatic carbocycles. The fraction of sp³-hybridized carbons (Fsp3) is 0.188. The highest BCUT2D eigenvalue weighted by atomic mass is 16.3. The van der Waals surface area contributed by atoms with Crippen molar-refractivity contribution in [1.29, 1.82) is 0 Å². The van der Waals surface area contributed by atoms with Gasteiger partial charge in [0.1, 0.15) is 0 Å². The number of nitrogens with zero attached hydrogens (tertiary/aromatic N) is 1. The van der Waals surface area contributed by atoms with Gasteiger partial charge in [-0.2, -0.15) is 0 Å². The normalized spacial score (nSPS) is 10.3. The molecule has 0 aliphatic heterocycles. The highest BCUT2D eigenvalue weighted by Crippen LogP contribution is 2.24. The molecule has 3 N–H and O–H groups in total. The molecule has 0 spiro atoms. The van der Waals surface area contributed by atoms with E-state index < -0.39 is 0 Å². The Hall–Kier alpha value is -2.33. The van der Waals surface area contributed by atoms with Gasteiger partial charge in [-0.25, -0.2) is 0 Å². The molecule has 0 aromatic heterocycles. The third kappa shape index (κ3) is 2.81. The number of anilines is 2. The van der Waals surface area contributed by atoms with Crippen molar-refractivity contribution in [1.82, 2.24) is 0 Å². The summed E-state index contributed by atoms with van der Waals surface area (Å²) in [6, 6.07) is 14.5. The summed E-state index contributed by atoms with van der Waals surface area (Å²) in [6.07, 6.45) is 0. The van der Waals surface area contributed by atoms with Crippen molar-refractivity contribution in [3.63, 3.8) is 0 Å². The van der Waals surface area contributed by atoms with Crippen molar-refractivity contribution in [3.8, 4) is 0 Å². The Morgan fingerprint density at radius 3 is 2.45 bits per heavy atom. The largest absolute Gasteiger partial charge is 0.397 e. The molecule has 20 heavy (non-hydrogen) atoms. The van der Waals surface area contributed by atoms with Crippen molar-refractivity contribution in [3.05, 3.63) is 59.7 Å². The lowest BCUT2D eigenvalue weighted by Crippen LogP contribution is -2.34. The maximum Gasteiger partial charge on any atom is 0.258 e. The standard InChI is InChI=1S/C16H18N2O2/c1-12-6-2-3-7-13(12)16(20)18(10-11-19)15-9-5-4-8-14(15)17/h2-9,19H,10-11,17H2,1H3. The smallest absolute Gasteiger partial charge is 0.258 e. The third-order valence-electron chi connectivity index (χ3n) is 3.17. The minimum absolute atomic E-state index is 0.119. The van der Waals surface area contributed by atoms with Crippen LogP contribution < -0.4 is 10.6 Å². The summed E-state index contributed by atoms with van der Waals surface area (Å²) in [7, 11) is 0. The first-order valence-corrected chi connectivity index (χ1v) is 6.48. The fourth-order valence-corrected chi connectivity index (χ4v) is 2.12. The molecule has 4 heteroatoms. The van der Waals surface area contributed by atoms with Gasteiger partial charge in [0.15, 0.2) is 0 Å². The molecule has 0 atom stereocenters. The predicted octanol–water partition coefficient (Wildman–Crippen LogP) is 2.22. The number of para-hydroxylation sites is 2. The van der Waals surface area contributed by atoms with E-state index in [2.05, 4.69) is 0 Å². The van der Waals surface area contributed by atoms with Crippen LogP contribution in [-0.4, -0.2) is 24.2 Å². The molecule has 2 aromatic rings. The van der Waals surface area contributed by atoms with E-state index in [1.807, 2.05) is 37.3 Å². The Bertz CT molecular complexity index is 611. The van der Waals surface area contributed by atoms with Gasteiger partial charge in [0.2, 0.25) is 0 Å². The van der Waals surface area contributed by atoms with E-state index in [4.69, 9.17) is 5.73 Å². The number of rotatable bonds is 4. The molecule has 2 rings (SSSR count). The highest BCUT2D eigenvalue weighted by Gasteiger charge is 2.20. The number of carbonyl (C=O) groups is 1. The zero-order chi connectivity index (χ0) is 14.5. The molecular formula is C16H18N2O2. The zero-order valence-electron chi connectivity index (χ0n) is 11.4. The predicted molar refractivity (Wildman–Crippen MR) is 80.8 cm³/mol. The molecule has 0 fully saturated rings. The molecule has 0 aliphatic rings. The zero-order valence-corrected chi connectivity index (χ0v) is 11.4. The first-order chi connectivity index (χ1) is 9.65. The van der Waals surface area contributed by atoms with Crippen LogP contribution in [0.5, 0.6) is 0 Å². The quantitative estimate of drug-likeness (QED) is 0.837. The maximum absolute atomic E-state index is 12.7. The van der Waals surface area contributed by atoms with E-state index in [1.54, 1.807) is 18.2 Å². The lowest BCUT2D eigenvalue weighted by atomic mass is 10.1. The number of aryl methyl sites for hydroxylation is 1. The number of nitrogen functional groups attached to an aromatic ring is 1. The fourth-order valence-electron chi connectivity index (χ4n) is 2.12. The van der Waals surface area contributed by atoms with Gasteiger partial charge >= 0.3 is 0 Å². The summed E-state index contributed by atoms with van der Waals surface area (Å²) in [5.74, 6) is -0.157. The molecule has 0 saturated heterocycles. The number of benzene rings is 2. The Morgan fingerprint density at radius 2 is 1.80 bits per heavy atom. The van der Waals surface area contributed by atoms with Crippen LogP contribution in [-0.2, 0) is 0 Å². The van der Waals surface area contributed by atoms with Gasteiger partial charge < -0.3 is 15.7 Å². The summed E-state index contributed by atoms with van der Waals surface area (Å²) in [5, 5.41) is 9.22. The van der Waals surface area contributed by atoms with E-state index in [-0.39, 0.29) is 19.1 Å². The van der Waals surface area contributed by atoms with E-state index in [9.17, 15) is 9.90 Å². The van der Waals surface area contributed by atoms with Crippen LogP contribution in [0, 0.1) is 6.92 Å². The van der Waals surface area contributed by atoms with Gasteiger partial charge in [-0.05, 0) is 30.7 Å². The van der Waals surface area contributed by atoms with Gasteiger partial charge in [0.05, 0.1) is 18.0 Å². The molecule has 0 saturated carbocycles. The van der Waals surface area contributed by atoms with Crippen molar-refractivity contribution in [2.45, 2.75) is 6.92 Å². The van der Waals surface area contributed by atoms with Crippen molar-refractivity contribution >= 4 is 17.3 Å². The summed E-state index contributed by atoms with van der Waals surface area (Å²) in [4.78, 5) is 14.2. The molecule has 104 valence electrons. The molecule has 0 aliphatic carbocycles. The van der Waals surface area contributed by atoms with Crippen LogP contribution >= 0.6 is 0 Å². The van der Waals surface area contributed by atoms with Crippen LogP contribution in [0.3, 0.4) is 0 Å². The SMILES string of the molecule is Cc1ccccc1C(=O)N(CCO)c1ccccc1N. The molecule has 0 unspecified atom stereocenters. The summed E-state index contributed by atoms with van der Waals surface area (Å²) >= 11 is 0. The van der Waals surface area contributed by atoms with E-state index in [0.717, 1.165) is 5.56 Å². The number of hydrogen-bond donors (Lipinski definition) is 2. The first-order valence-electron chi connectivity index (χ1n) is 6.48. The second-order valence-electron chi connectivity index (χ2n) is 4.55. The van der Waals surface area contributed by atoms with Crippen molar-refractivity contribution in [2.75, 3.05) is 23.8 Å². The van der Waals surface area contributed by atoms with E-state index in [1.165, 1.54) is 4.90 Å². The van der Waals surface area contributed by atoms with E-state index >= 15 is 0 Å². The van der Waals surface area contributed by atoms with E-state index in [0.29, 0.717) is 16.9 Å². The lowest BCUT2D eigenvalue weighted by Gasteiger charge is -2.24. The van der Waals surface area contributed by atoms with Crippen molar-refractivity contribution < 1.29 is 9.90 Å². The number of carbonyl (C=O) groups excluding carboxylic acids is 1. The molecule has 0 bridgehead atoms. The van der Waals surface area contributed by atoms with Crippen LogP contribution in [0.2, 0.25) is 0 Å². The monoisotopic (exact) mass is 270 g/mol.